The van der Waals surface area contributed by atoms with Crippen molar-refractivity contribution in [3.8, 4) is 0 Å². The lowest BCUT2D eigenvalue weighted by Gasteiger charge is -2.34. The van der Waals surface area contributed by atoms with Gasteiger partial charge in [0.05, 0.1) is 12.9 Å². The molecule has 1 heterocycles. The summed E-state index contributed by atoms with van der Waals surface area (Å²) in [5.74, 6) is 0. The number of carbonyl (C=O) groups is 2. The Bertz CT molecular complexity index is 712. The average Bonchev–Trinajstić information content (AvgIpc) is 2.55. The molecule has 2 N–H and O–H groups in total. The van der Waals surface area contributed by atoms with Gasteiger partial charge in [0.15, 0.2) is 0 Å². The van der Waals surface area contributed by atoms with Gasteiger partial charge in [0.25, 0.3) is 0 Å². The molecule has 1 saturated heterocycles. The van der Waals surface area contributed by atoms with Crippen molar-refractivity contribution in [2.45, 2.75) is 6.92 Å². The minimum Gasteiger partial charge on any atom is -0.450 e. The summed E-state index contributed by atoms with van der Waals surface area (Å²) in [6.07, 6.45) is 0.704. The van der Waals surface area contributed by atoms with Gasteiger partial charge in [-0.05, 0) is 31.2 Å². The Morgan fingerprint density at radius 2 is 1.56 bits per heavy atom. The molecule has 138 valence electrons. The van der Waals surface area contributed by atoms with Gasteiger partial charge < -0.3 is 19.9 Å². The number of piperazine rings is 1. The van der Waals surface area contributed by atoms with Crippen LogP contribution in [0, 0.1) is 0 Å². The Hall–Kier alpha value is -2.49. The quantitative estimate of drug-likeness (QED) is 0.832. The van der Waals surface area contributed by atoms with Crippen molar-refractivity contribution in [1.82, 2.24) is 9.80 Å². The molecule has 0 unspecified atom stereocenters. The van der Waals surface area contributed by atoms with Crippen LogP contribution in [-0.4, -0.2) is 69.4 Å². The molecule has 0 atom stereocenters. The molecular weight excluding hydrogens is 348 g/mol. The molecule has 1 fully saturated rings. The largest absolute Gasteiger partial charge is 0.450 e. The fraction of sp³-hybridized carbons (Fsp3) is 0.467. The van der Waals surface area contributed by atoms with Crippen molar-refractivity contribution >= 4 is 33.5 Å². The summed E-state index contributed by atoms with van der Waals surface area (Å²) >= 11 is 0. The summed E-state index contributed by atoms with van der Waals surface area (Å²) in [6, 6.07) is 6.08. The number of anilines is 2. The number of amides is 3. The molecule has 0 bridgehead atoms. The van der Waals surface area contributed by atoms with E-state index in [1.165, 1.54) is 0 Å². The Kier molecular flexibility index (Phi) is 6.07. The summed E-state index contributed by atoms with van der Waals surface area (Å²) in [7, 11) is -3.33. The maximum Gasteiger partial charge on any atom is 0.409 e. The van der Waals surface area contributed by atoms with Crippen LogP contribution in [-0.2, 0) is 14.8 Å². The number of nitrogens with one attached hydrogen (secondary N) is 2. The topological polar surface area (TPSA) is 108 Å². The third-order valence-corrected chi connectivity index (χ3v) is 4.14. The first kappa shape index (κ1) is 18.8. The lowest BCUT2D eigenvalue weighted by atomic mass is 10.3. The van der Waals surface area contributed by atoms with Gasteiger partial charge in [-0.1, -0.05) is 0 Å². The number of hydrogen-bond acceptors (Lipinski definition) is 5. The maximum absolute atomic E-state index is 12.3. The summed E-state index contributed by atoms with van der Waals surface area (Å²) in [5.41, 5.74) is 0.973. The number of ether oxygens (including phenoxy) is 1. The van der Waals surface area contributed by atoms with E-state index >= 15 is 0 Å². The van der Waals surface area contributed by atoms with E-state index in [4.69, 9.17) is 4.74 Å². The van der Waals surface area contributed by atoms with Gasteiger partial charge in [0.2, 0.25) is 10.0 Å². The highest BCUT2D eigenvalue weighted by Gasteiger charge is 2.24. The molecule has 0 aromatic heterocycles. The zero-order chi connectivity index (χ0) is 18.4. The number of hydrogen-bond donors (Lipinski definition) is 2. The van der Waals surface area contributed by atoms with E-state index in [2.05, 4.69) is 10.0 Å². The third-order valence-electron chi connectivity index (χ3n) is 3.53. The summed E-state index contributed by atoms with van der Waals surface area (Å²) in [5, 5.41) is 2.75. The molecule has 1 aliphatic heterocycles. The van der Waals surface area contributed by atoms with Crippen LogP contribution in [0.25, 0.3) is 0 Å². The summed E-state index contributed by atoms with van der Waals surface area (Å²) in [6.45, 7) is 3.74. The second-order valence-corrected chi connectivity index (χ2v) is 7.30. The molecule has 1 aliphatic rings. The van der Waals surface area contributed by atoms with Crippen molar-refractivity contribution in [2.75, 3.05) is 49.1 Å². The number of urea groups is 1. The van der Waals surface area contributed by atoms with Gasteiger partial charge in [-0.25, -0.2) is 18.0 Å². The molecule has 0 aliphatic carbocycles. The summed E-state index contributed by atoms with van der Waals surface area (Å²) < 4.78 is 29.6. The lowest BCUT2D eigenvalue weighted by Crippen LogP contribution is -2.51. The molecule has 0 spiro atoms. The van der Waals surface area contributed by atoms with E-state index in [0.29, 0.717) is 44.2 Å². The first-order valence-corrected chi connectivity index (χ1v) is 9.73. The van der Waals surface area contributed by atoms with Crippen molar-refractivity contribution in [3.63, 3.8) is 0 Å². The first-order valence-electron chi connectivity index (χ1n) is 7.84. The fourth-order valence-electron chi connectivity index (χ4n) is 2.35. The number of rotatable bonds is 4. The molecule has 3 amide bonds. The van der Waals surface area contributed by atoms with Crippen molar-refractivity contribution in [1.29, 1.82) is 0 Å². The Morgan fingerprint density at radius 1 is 1.04 bits per heavy atom. The van der Waals surface area contributed by atoms with Gasteiger partial charge in [0.1, 0.15) is 0 Å². The molecule has 9 nitrogen and oxygen atoms in total. The number of carbonyl (C=O) groups excluding carboxylic acids is 2. The van der Waals surface area contributed by atoms with Gasteiger partial charge in [0, 0.05) is 37.6 Å². The van der Waals surface area contributed by atoms with Crippen molar-refractivity contribution in [3.05, 3.63) is 24.3 Å². The lowest BCUT2D eigenvalue weighted by molar-refractivity contribution is 0.0868. The zero-order valence-electron chi connectivity index (χ0n) is 14.2. The predicted molar refractivity (Wildman–Crippen MR) is 94.1 cm³/mol. The number of nitrogens with zero attached hydrogens (tertiary/aromatic N) is 2. The van der Waals surface area contributed by atoms with E-state index in [-0.39, 0.29) is 12.1 Å². The molecule has 10 heteroatoms. The molecule has 25 heavy (non-hydrogen) atoms. The Labute approximate surface area is 147 Å². The van der Waals surface area contributed by atoms with Crippen LogP contribution in [0.5, 0.6) is 0 Å². The van der Waals surface area contributed by atoms with E-state index in [9.17, 15) is 18.0 Å². The van der Waals surface area contributed by atoms with Gasteiger partial charge >= 0.3 is 12.1 Å². The minimum absolute atomic E-state index is 0.271. The SMILES string of the molecule is CCOC(=O)N1CCN(C(=O)Nc2ccc(NS(C)(=O)=O)cc2)CC1. The first-order chi connectivity index (χ1) is 11.8. The molecule has 0 saturated carbocycles. The highest BCUT2D eigenvalue weighted by atomic mass is 32.2. The third kappa shape index (κ3) is 5.82. The molecule has 1 aromatic rings. The van der Waals surface area contributed by atoms with Crippen LogP contribution < -0.4 is 10.0 Å². The second-order valence-electron chi connectivity index (χ2n) is 5.55. The van der Waals surface area contributed by atoms with E-state index in [0.717, 1.165) is 6.26 Å². The fourth-order valence-corrected chi connectivity index (χ4v) is 2.91. The van der Waals surface area contributed by atoms with E-state index in [1.807, 2.05) is 0 Å². The average molecular weight is 370 g/mol. The van der Waals surface area contributed by atoms with Crippen molar-refractivity contribution < 1.29 is 22.7 Å². The van der Waals surface area contributed by atoms with Crippen LogP contribution in [0.1, 0.15) is 6.92 Å². The normalized spacial score (nSPS) is 14.8. The summed E-state index contributed by atoms with van der Waals surface area (Å²) in [4.78, 5) is 27.1. The predicted octanol–water partition coefficient (Wildman–Crippen LogP) is 1.36. The smallest absolute Gasteiger partial charge is 0.409 e. The monoisotopic (exact) mass is 370 g/mol. The molecule has 0 radical (unpaired) electrons. The van der Waals surface area contributed by atoms with E-state index in [1.54, 1.807) is 41.0 Å². The minimum atomic E-state index is -3.33. The standard InChI is InChI=1S/C15H22N4O5S/c1-3-24-15(21)19-10-8-18(9-11-19)14(20)16-12-4-6-13(7-5-12)17-25(2,22)23/h4-7,17H,3,8-11H2,1-2H3,(H,16,20). The van der Waals surface area contributed by atoms with Crippen LogP contribution in [0.15, 0.2) is 24.3 Å². The van der Waals surface area contributed by atoms with Crippen molar-refractivity contribution in [2.24, 2.45) is 0 Å². The highest BCUT2D eigenvalue weighted by molar-refractivity contribution is 7.92. The van der Waals surface area contributed by atoms with Crippen LogP contribution in [0.3, 0.4) is 0 Å². The van der Waals surface area contributed by atoms with E-state index < -0.39 is 10.0 Å². The molecular formula is C15H22N4O5S. The van der Waals surface area contributed by atoms with Gasteiger partial charge in [-0.3, -0.25) is 4.72 Å². The van der Waals surface area contributed by atoms with Gasteiger partial charge in [-0.15, -0.1) is 0 Å². The second kappa shape index (κ2) is 8.06. The number of benzene rings is 1. The highest BCUT2D eigenvalue weighted by Crippen LogP contribution is 2.15. The van der Waals surface area contributed by atoms with Crippen LogP contribution in [0.4, 0.5) is 21.0 Å². The van der Waals surface area contributed by atoms with Gasteiger partial charge in [-0.2, -0.15) is 0 Å². The molecule has 1 aromatic carbocycles. The zero-order valence-corrected chi connectivity index (χ0v) is 15.0. The Morgan fingerprint density at radius 3 is 2.08 bits per heavy atom. The number of sulfonamides is 1. The Balaban J connectivity index is 1.85. The molecule has 2 rings (SSSR count). The maximum atomic E-state index is 12.3. The van der Waals surface area contributed by atoms with Crippen LogP contribution in [0.2, 0.25) is 0 Å². The van der Waals surface area contributed by atoms with Crippen LogP contribution >= 0.6 is 0 Å².